The van der Waals surface area contributed by atoms with Crippen molar-refractivity contribution in [3.05, 3.63) is 157 Å². The Balaban J connectivity index is 1.52. The summed E-state index contributed by atoms with van der Waals surface area (Å²) in [5.74, 6) is 2.99. The highest BCUT2D eigenvalue weighted by Crippen LogP contribution is 2.48. The van der Waals surface area contributed by atoms with Crippen LogP contribution in [0.2, 0.25) is 0 Å². The standard InChI is InChI=1S/C49H60N3O4P/c1-35(52-47(49(5,6)7)45(53)33-44(36-17-13-11-14-18-36)37-19-15-12-16-20-37)51-46(48(2,3)4)34-50-57(41-27-21-38(54-8)22-28-41,42-29-23-39(55-9)24-30-42)43-31-25-40(56-10)26-32-43/h11-32,44,46-47,51-52H,1,33-34H2,2-10H3/t46-,47+/m1/s1. The van der Waals surface area contributed by atoms with Gasteiger partial charge in [0.05, 0.1) is 52.8 Å². The normalized spacial score (nSPS) is 12.9. The number of ketones is 1. The predicted octanol–water partition coefficient (Wildman–Crippen LogP) is 9.46. The smallest absolute Gasteiger partial charge is 0.156 e. The van der Waals surface area contributed by atoms with E-state index < -0.39 is 13.1 Å². The number of nitrogens with one attached hydrogen (secondary N) is 2. The number of carbonyl (C=O) groups excluding carboxylic acids is 1. The molecule has 2 N–H and O–H groups in total. The summed E-state index contributed by atoms with van der Waals surface area (Å²) in [5.41, 5.74) is 1.61. The Hall–Kier alpha value is -5.26. The van der Waals surface area contributed by atoms with E-state index >= 15 is 0 Å². The number of hydrogen-bond donors (Lipinski definition) is 2. The Morgan fingerprint density at radius 1 is 0.596 bits per heavy atom. The second kappa shape index (κ2) is 18.8. The minimum Gasteiger partial charge on any atom is -0.497 e. The molecular weight excluding hydrogens is 726 g/mol. The van der Waals surface area contributed by atoms with Gasteiger partial charge in [-0.15, -0.1) is 0 Å². The summed E-state index contributed by atoms with van der Waals surface area (Å²) in [5, 5.41) is 10.6. The highest BCUT2D eigenvalue weighted by atomic mass is 31.2. The van der Waals surface area contributed by atoms with Crippen molar-refractivity contribution in [1.29, 1.82) is 0 Å². The second-order valence-corrected chi connectivity index (χ2v) is 19.7. The average molecular weight is 786 g/mol. The van der Waals surface area contributed by atoms with E-state index in [0.29, 0.717) is 18.8 Å². The topological polar surface area (TPSA) is 81.2 Å². The van der Waals surface area contributed by atoms with Crippen LogP contribution in [0.5, 0.6) is 17.2 Å². The molecule has 0 fully saturated rings. The van der Waals surface area contributed by atoms with Gasteiger partial charge in [0.15, 0.2) is 5.78 Å². The van der Waals surface area contributed by atoms with Gasteiger partial charge in [-0.1, -0.05) is 109 Å². The molecule has 0 aromatic heterocycles. The fourth-order valence-corrected chi connectivity index (χ4v) is 10.7. The van der Waals surface area contributed by atoms with Crippen molar-refractivity contribution in [3.63, 3.8) is 0 Å². The van der Waals surface area contributed by atoms with Gasteiger partial charge >= 0.3 is 0 Å². The number of carbonyl (C=O) groups is 1. The molecule has 0 aliphatic carbocycles. The summed E-state index contributed by atoms with van der Waals surface area (Å²) >= 11 is 0. The Bertz CT molecular complexity index is 1940. The fourth-order valence-electron chi connectivity index (χ4n) is 7.15. The zero-order valence-electron chi connectivity index (χ0n) is 35.1. The van der Waals surface area contributed by atoms with Gasteiger partial charge < -0.3 is 24.8 Å². The average Bonchev–Trinajstić information content (AvgIpc) is 3.22. The molecule has 8 heteroatoms. The van der Waals surface area contributed by atoms with Crippen LogP contribution < -0.4 is 40.8 Å². The third kappa shape index (κ3) is 10.6. The molecule has 57 heavy (non-hydrogen) atoms. The van der Waals surface area contributed by atoms with Crippen LogP contribution in [0.1, 0.15) is 65.0 Å². The van der Waals surface area contributed by atoms with E-state index in [1.54, 1.807) is 21.3 Å². The van der Waals surface area contributed by atoms with Crippen LogP contribution >= 0.6 is 7.05 Å². The summed E-state index contributed by atoms with van der Waals surface area (Å²) in [4.78, 5) is 14.5. The maximum atomic E-state index is 14.5. The van der Waals surface area contributed by atoms with Crippen LogP contribution in [0.25, 0.3) is 0 Å². The van der Waals surface area contributed by atoms with Crippen LogP contribution in [0, 0.1) is 10.8 Å². The molecule has 0 radical (unpaired) electrons. The second-order valence-electron chi connectivity index (χ2n) is 16.6. The minimum absolute atomic E-state index is 0.0696. The lowest BCUT2D eigenvalue weighted by Gasteiger charge is -2.37. The quantitative estimate of drug-likeness (QED) is 0.0915. The number of ether oxygens (including phenoxy) is 3. The Morgan fingerprint density at radius 2 is 0.982 bits per heavy atom. The third-order valence-electron chi connectivity index (χ3n) is 10.5. The molecule has 5 aromatic rings. The van der Waals surface area contributed by atoms with Gasteiger partial charge in [-0.3, -0.25) is 9.54 Å². The van der Waals surface area contributed by atoms with Crippen molar-refractivity contribution in [3.8, 4) is 17.2 Å². The van der Waals surface area contributed by atoms with Crippen LogP contribution in [-0.2, 0) is 4.79 Å². The number of benzene rings is 5. The van der Waals surface area contributed by atoms with E-state index in [-0.39, 0.29) is 28.6 Å². The van der Waals surface area contributed by atoms with Gasteiger partial charge in [0.1, 0.15) is 17.2 Å². The zero-order chi connectivity index (χ0) is 41.2. The number of nitrogens with zero attached hydrogens (tertiary/aromatic N) is 1. The van der Waals surface area contributed by atoms with E-state index in [9.17, 15) is 4.79 Å². The number of hydrogen-bond acceptors (Lipinski definition) is 7. The molecule has 0 saturated carbocycles. The van der Waals surface area contributed by atoms with Crippen LogP contribution in [0.15, 0.2) is 151 Å². The van der Waals surface area contributed by atoms with Crippen molar-refractivity contribution in [2.45, 2.75) is 66.0 Å². The summed E-state index contributed by atoms with van der Waals surface area (Å²) in [6.07, 6.45) is 0.354. The molecule has 0 aliphatic heterocycles. The number of Topliss-reactive ketones (excluding diaryl/α,β-unsaturated/α-hetero) is 1. The van der Waals surface area contributed by atoms with E-state index in [4.69, 9.17) is 19.0 Å². The highest BCUT2D eigenvalue weighted by molar-refractivity contribution is 7.87. The minimum atomic E-state index is -2.64. The first kappa shape index (κ1) is 42.9. The Morgan fingerprint density at radius 3 is 1.32 bits per heavy atom. The first-order chi connectivity index (χ1) is 27.2. The molecule has 0 spiro atoms. The lowest BCUT2D eigenvalue weighted by molar-refractivity contribution is -0.123. The molecule has 0 amide bonds. The maximum Gasteiger partial charge on any atom is 0.156 e. The molecule has 0 saturated heterocycles. The van der Waals surface area contributed by atoms with Gasteiger partial charge in [0.2, 0.25) is 0 Å². The van der Waals surface area contributed by atoms with Crippen molar-refractivity contribution >= 4 is 28.8 Å². The van der Waals surface area contributed by atoms with Crippen molar-refractivity contribution in [1.82, 2.24) is 10.6 Å². The molecule has 0 bridgehead atoms. The molecular formula is C49H60N3O4P. The highest BCUT2D eigenvalue weighted by Gasteiger charge is 2.35. The van der Waals surface area contributed by atoms with E-state index in [1.165, 1.54) is 0 Å². The molecule has 2 atom stereocenters. The molecule has 0 unspecified atom stereocenters. The van der Waals surface area contributed by atoms with Gasteiger partial charge in [-0.2, -0.15) is 0 Å². The van der Waals surface area contributed by atoms with Crippen LogP contribution in [0.3, 0.4) is 0 Å². The summed E-state index contributed by atoms with van der Waals surface area (Å²) < 4.78 is 22.5. The van der Waals surface area contributed by atoms with Crippen molar-refractivity contribution in [2.75, 3.05) is 27.9 Å². The SMILES string of the molecule is C=C(N[C@H](CN=P(c1ccc(OC)cc1)(c1ccc(OC)cc1)c1ccc(OC)cc1)C(C)(C)C)N[C@@H](C(=O)CC(c1ccccc1)c1ccccc1)C(C)(C)C. The van der Waals surface area contributed by atoms with E-state index in [2.05, 4.69) is 119 Å². The zero-order valence-corrected chi connectivity index (χ0v) is 36.0. The lowest BCUT2D eigenvalue weighted by Crippen LogP contribution is -2.52. The molecule has 0 heterocycles. The Labute approximate surface area is 340 Å². The van der Waals surface area contributed by atoms with Crippen LogP contribution in [-0.4, -0.2) is 45.7 Å². The van der Waals surface area contributed by atoms with Crippen molar-refractivity contribution in [2.24, 2.45) is 15.6 Å². The predicted molar refractivity (Wildman–Crippen MR) is 238 cm³/mol. The Kier molecular flexibility index (Phi) is 14.1. The molecule has 5 rings (SSSR count). The van der Waals surface area contributed by atoms with Gasteiger partial charge in [-0.05, 0) is 94.8 Å². The summed E-state index contributed by atoms with van der Waals surface area (Å²) in [7, 11) is 2.39. The van der Waals surface area contributed by atoms with Gasteiger partial charge in [0.25, 0.3) is 0 Å². The maximum absolute atomic E-state index is 14.5. The molecule has 0 aliphatic rings. The number of rotatable bonds is 17. The summed E-state index contributed by atoms with van der Waals surface area (Å²) in [6, 6.07) is 44.7. The van der Waals surface area contributed by atoms with Crippen molar-refractivity contribution < 1.29 is 19.0 Å². The number of methoxy groups -OCH3 is 3. The third-order valence-corrected chi connectivity index (χ3v) is 14.2. The molecule has 5 aromatic carbocycles. The van der Waals surface area contributed by atoms with Gasteiger partial charge in [0, 0.05) is 28.3 Å². The van der Waals surface area contributed by atoms with Crippen LogP contribution in [0.4, 0.5) is 0 Å². The fraction of sp³-hybridized carbons (Fsp3) is 0.327. The first-order valence-corrected chi connectivity index (χ1v) is 21.3. The molecule has 300 valence electrons. The molecule has 7 nitrogen and oxygen atoms in total. The first-order valence-electron chi connectivity index (χ1n) is 19.6. The largest absolute Gasteiger partial charge is 0.497 e. The lowest BCUT2D eigenvalue weighted by atomic mass is 9.79. The summed E-state index contributed by atoms with van der Waals surface area (Å²) in [6.45, 7) is 17.8. The van der Waals surface area contributed by atoms with E-state index in [0.717, 1.165) is 44.3 Å². The van der Waals surface area contributed by atoms with E-state index in [1.807, 2.05) is 72.8 Å². The monoisotopic (exact) mass is 785 g/mol. The van der Waals surface area contributed by atoms with Gasteiger partial charge in [-0.25, -0.2) is 0 Å².